The molecule has 3 nitrogen and oxygen atoms in total. The number of nitrogens with one attached hydrogen (secondary N) is 1. The maximum atomic E-state index is 11.2. The van der Waals surface area contributed by atoms with Crippen LogP contribution in [0, 0.1) is 6.57 Å². The molecule has 0 atom stereocenters. The van der Waals surface area contributed by atoms with E-state index in [1.54, 1.807) is 12.1 Å². The molecule has 1 rings (SSSR count). The summed E-state index contributed by atoms with van der Waals surface area (Å²) in [6.45, 7) is 7.27. The van der Waals surface area contributed by atoms with Crippen LogP contribution in [-0.4, -0.2) is 12.5 Å². The average molecular weight is 223 g/mol. The third-order valence-corrected chi connectivity index (χ3v) is 2.11. The second-order valence-electron chi connectivity index (χ2n) is 3.03. The highest BCUT2D eigenvalue weighted by atomic mass is 35.5. The fraction of sp³-hybridized carbons (Fsp3) is 0.273. The summed E-state index contributed by atoms with van der Waals surface area (Å²) >= 11 is 5.72. The van der Waals surface area contributed by atoms with Gasteiger partial charge in [-0.05, 0) is 17.7 Å². The van der Waals surface area contributed by atoms with Crippen LogP contribution in [0.25, 0.3) is 4.85 Å². The van der Waals surface area contributed by atoms with Crippen molar-refractivity contribution in [2.24, 2.45) is 0 Å². The number of hydrogen-bond donors (Lipinski definition) is 1. The van der Waals surface area contributed by atoms with Gasteiger partial charge in [0.15, 0.2) is 0 Å². The lowest BCUT2D eigenvalue weighted by Gasteiger charge is -2.03. The molecule has 0 spiro atoms. The first-order valence-corrected chi connectivity index (χ1v) is 4.94. The number of carbonyl (C=O) groups excluding carboxylic acids is 1. The van der Waals surface area contributed by atoms with E-state index >= 15 is 0 Å². The van der Waals surface area contributed by atoms with Crippen LogP contribution in [0.15, 0.2) is 24.3 Å². The van der Waals surface area contributed by atoms with Crippen LogP contribution in [0.3, 0.4) is 0 Å². The molecule has 78 valence electrons. The Kier molecular flexibility index (Phi) is 4.65. The highest BCUT2D eigenvalue weighted by Crippen LogP contribution is 2.08. The molecule has 0 radical (unpaired) electrons. The fourth-order valence-electron chi connectivity index (χ4n) is 1.05. The van der Waals surface area contributed by atoms with Crippen molar-refractivity contribution in [2.45, 2.75) is 13.0 Å². The predicted octanol–water partition coefficient (Wildman–Crippen LogP) is 2.27. The summed E-state index contributed by atoms with van der Waals surface area (Å²) in [7, 11) is 0. The second kappa shape index (κ2) is 6.05. The number of halogens is 1. The van der Waals surface area contributed by atoms with Gasteiger partial charge in [-0.25, -0.2) is 6.57 Å². The number of nitrogens with zero attached hydrogens (tertiary/aromatic N) is 1. The van der Waals surface area contributed by atoms with Crippen molar-refractivity contribution < 1.29 is 4.79 Å². The first kappa shape index (κ1) is 11.5. The fourth-order valence-corrected chi connectivity index (χ4v) is 1.17. The quantitative estimate of drug-likeness (QED) is 0.779. The Hall–Kier alpha value is -1.53. The molecule has 1 amide bonds. The third kappa shape index (κ3) is 4.48. The van der Waals surface area contributed by atoms with Gasteiger partial charge in [-0.3, -0.25) is 4.79 Å². The smallest absolute Gasteiger partial charge is 0.227 e. The van der Waals surface area contributed by atoms with E-state index in [0.29, 0.717) is 11.6 Å². The molecule has 1 N–H and O–H groups in total. The maximum absolute atomic E-state index is 11.2. The molecular weight excluding hydrogens is 212 g/mol. The predicted molar refractivity (Wildman–Crippen MR) is 59.4 cm³/mol. The van der Waals surface area contributed by atoms with Crippen LogP contribution in [0.5, 0.6) is 0 Å². The number of carbonyl (C=O) groups is 1. The Morgan fingerprint density at radius 2 is 2.07 bits per heavy atom. The summed E-state index contributed by atoms with van der Waals surface area (Å²) in [6, 6.07) is 7.28. The van der Waals surface area contributed by atoms with Crippen LogP contribution < -0.4 is 5.32 Å². The molecule has 0 saturated carbocycles. The number of hydrogen-bond acceptors (Lipinski definition) is 1. The zero-order chi connectivity index (χ0) is 11.1. The average Bonchev–Trinajstić information content (AvgIpc) is 2.25. The normalized spacial score (nSPS) is 9.33. The lowest BCUT2D eigenvalue weighted by Crippen LogP contribution is -2.22. The molecule has 0 aliphatic carbocycles. The molecule has 1 aromatic rings. The van der Waals surface area contributed by atoms with Gasteiger partial charge in [0, 0.05) is 11.6 Å². The highest BCUT2D eigenvalue weighted by Gasteiger charge is 2.02. The Labute approximate surface area is 93.9 Å². The van der Waals surface area contributed by atoms with Gasteiger partial charge in [0.1, 0.15) is 0 Å². The lowest BCUT2D eigenvalue weighted by atomic mass is 10.2. The van der Waals surface area contributed by atoms with Gasteiger partial charge in [-0.2, -0.15) is 0 Å². The summed E-state index contributed by atoms with van der Waals surface area (Å²) in [6.07, 6.45) is 0.261. The topological polar surface area (TPSA) is 33.5 Å². The molecule has 4 heteroatoms. The van der Waals surface area contributed by atoms with Gasteiger partial charge >= 0.3 is 0 Å². The van der Waals surface area contributed by atoms with Crippen LogP contribution in [0.4, 0.5) is 0 Å². The van der Waals surface area contributed by atoms with E-state index in [0.717, 1.165) is 5.56 Å². The van der Waals surface area contributed by atoms with Crippen molar-refractivity contribution in [1.29, 1.82) is 0 Å². The van der Waals surface area contributed by atoms with Crippen molar-refractivity contribution in [3.05, 3.63) is 46.3 Å². The minimum Gasteiger partial charge on any atom is -0.352 e. The monoisotopic (exact) mass is 222 g/mol. The van der Waals surface area contributed by atoms with Gasteiger partial charge in [-0.1, -0.05) is 23.7 Å². The lowest BCUT2D eigenvalue weighted by molar-refractivity contribution is -0.120. The number of amides is 1. The van der Waals surface area contributed by atoms with Crippen molar-refractivity contribution in [1.82, 2.24) is 5.32 Å². The van der Waals surface area contributed by atoms with Gasteiger partial charge in [0.25, 0.3) is 0 Å². The van der Waals surface area contributed by atoms with Crippen LogP contribution in [0.2, 0.25) is 5.02 Å². The summed E-state index contributed by atoms with van der Waals surface area (Å²) in [5.41, 5.74) is 0.996. The number of benzene rings is 1. The number of rotatable bonds is 4. The SMILES string of the molecule is [C-]#[N+]CCC(=O)NCc1ccc(Cl)cc1. The molecule has 0 aromatic heterocycles. The van der Waals surface area contributed by atoms with E-state index in [1.807, 2.05) is 12.1 Å². The molecule has 0 bridgehead atoms. The van der Waals surface area contributed by atoms with Crippen LogP contribution >= 0.6 is 11.6 Å². The van der Waals surface area contributed by atoms with Gasteiger partial charge < -0.3 is 10.2 Å². The Bertz CT molecular complexity index is 367. The van der Waals surface area contributed by atoms with E-state index in [4.69, 9.17) is 18.2 Å². The molecule has 0 fully saturated rings. The molecule has 0 aliphatic rings. The zero-order valence-electron chi connectivity index (χ0n) is 8.16. The van der Waals surface area contributed by atoms with Crippen LogP contribution in [-0.2, 0) is 11.3 Å². The molecule has 1 aromatic carbocycles. The first-order chi connectivity index (χ1) is 7.22. The summed E-state index contributed by atoms with van der Waals surface area (Å²) < 4.78 is 0. The van der Waals surface area contributed by atoms with Crippen LogP contribution in [0.1, 0.15) is 12.0 Å². The largest absolute Gasteiger partial charge is 0.352 e. The Balaban J connectivity index is 2.34. The Morgan fingerprint density at radius 1 is 1.40 bits per heavy atom. The van der Waals surface area contributed by atoms with Crippen molar-refractivity contribution >= 4 is 17.5 Å². The van der Waals surface area contributed by atoms with E-state index in [1.165, 1.54) is 0 Å². The zero-order valence-corrected chi connectivity index (χ0v) is 8.92. The van der Waals surface area contributed by atoms with Gasteiger partial charge in [-0.15, -0.1) is 0 Å². The van der Waals surface area contributed by atoms with Gasteiger partial charge in [0.05, 0.1) is 6.42 Å². The third-order valence-electron chi connectivity index (χ3n) is 1.85. The highest BCUT2D eigenvalue weighted by molar-refractivity contribution is 6.30. The second-order valence-corrected chi connectivity index (χ2v) is 3.47. The molecular formula is C11H11ClN2O. The maximum Gasteiger partial charge on any atom is 0.227 e. The summed E-state index contributed by atoms with van der Waals surface area (Å²) in [5, 5.41) is 3.41. The van der Waals surface area contributed by atoms with E-state index in [2.05, 4.69) is 10.2 Å². The standard InChI is InChI=1S/C11H11ClN2O/c1-13-7-6-11(15)14-8-9-2-4-10(12)5-3-9/h2-5H,6-8H2,(H,14,15). The minimum absolute atomic E-state index is 0.0963. The van der Waals surface area contributed by atoms with E-state index in [-0.39, 0.29) is 18.9 Å². The van der Waals surface area contributed by atoms with Crippen molar-refractivity contribution in [3.63, 3.8) is 0 Å². The molecule has 0 unspecified atom stereocenters. The Morgan fingerprint density at radius 3 is 2.67 bits per heavy atom. The van der Waals surface area contributed by atoms with Crippen molar-refractivity contribution in [2.75, 3.05) is 6.54 Å². The minimum atomic E-state index is -0.0963. The molecule has 0 aliphatic heterocycles. The summed E-state index contributed by atoms with van der Waals surface area (Å²) in [4.78, 5) is 14.3. The molecule has 0 heterocycles. The van der Waals surface area contributed by atoms with E-state index in [9.17, 15) is 4.79 Å². The summed E-state index contributed by atoms with van der Waals surface area (Å²) in [5.74, 6) is -0.0963. The van der Waals surface area contributed by atoms with Crippen molar-refractivity contribution in [3.8, 4) is 0 Å². The molecule has 0 saturated heterocycles. The van der Waals surface area contributed by atoms with E-state index < -0.39 is 0 Å². The first-order valence-electron chi connectivity index (χ1n) is 4.56. The molecule has 15 heavy (non-hydrogen) atoms. The van der Waals surface area contributed by atoms with Gasteiger partial charge in [0.2, 0.25) is 12.5 Å².